The summed E-state index contributed by atoms with van der Waals surface area (Å²) in [6.07, 6.45) is 7.87. The maximum atomic E-state index is 9.07. The van der Waals surface area contributed by atoms with Gasteiger partial charge in [0.15, 0.2) is 0 Å². The van der Waals surface area contributed by atoms with Gasteiger partial charge < -0.3 is 5.11 Å². The Hall–Kier alpha value is -1.60. The number of aliphatic hydroxyl groups is 1. The molecule has 2 rings (SSSR count). The summed E-state index contributed by atoms with van der Waals surface area (Å²) in [5.41, 5.74) is 4.85. The van der Waals surface area contributed by atoms with Crippen LogP contribution in [0.25, 0.3) is 11.1 Å². The van der Waals surface area contributed by atoms with Crippen LogP contribution in [-0.4, -0.2) is 5.11 Å². The molecule has 1 nitrogen and oxygen atoms in total. The third-order valence-electron chi connectivity index (χ3n) is 3.99. The Balaban J connectivity index is 1.88. The van der Waals surface area contributed by atoms with Crippen molar-refractivity contribution >= 4 is 0 Å². The molecule has 1 N–H and O–H groups in total. The van der Waals surface area contributed by atoms with Gasteiger partial charge in [-0.15, -0.1) is 0 Å². The Morgan fingerprint density at radius 3 is 1.71 bits per heavy atom. The predicted octanol–water partition coefficient (Wildman–Crippen LogP) is 5.36. The maximum Gasteiger partial charge on any atom is 0.0681 e. The van der Waals surface area contributed by atoms with E-state index in [0.717, 1.165) is 5.56 Å². The third-order valence-corrected chi connectivity index (χ3v) is 3.99. The molecule has 0 saturated carbocycles. The van der Waals surface area contributed by atoms with Gasteiger partial charge in [0.05, 0.1) is 6.61 Å². The molecule has 112 valence electrons. The molecule has 0 aromatic heterocycles. The zero-order valence-corrected chi connectivity index (χ0v) is 13.0. The number of benzene rings is 2. The molecule has 0 bridgehead atoms. The van der Waals surface area contributed by atoms with Gasteiger partial charge in [-0.1, -0.05) is 81.1 Å². The molecule has 1 heteroatoms. The van der Waals surface area contributed by atoms with Crippen molar-refractivity contribution in [3.63, 3.8) is 0 Å². The first-order valence-corrected chi connectivity index (χ1v) is 8.12. The van der Waals surface area contributed by atoms with Crippen LogP contribution < -0.4 is 0 Å². The molecule has 2 aromatic carbocycles. The summed E-state index contributed by atoms with van der Waals surface area (Å²) < 4.78 is 0. The second kappa shape index (κ2) is 8.63. The summed E-state index contributed by atoms with van der Waals surface area (Å²) in [7, 11) is 0. The van der Waals surface area contributed by atoms with Crippen molar-refractivity contribution in [2.45, 2.75) is 52.1 Å². The monoisotopic (exact) mass is 282 g/mol. The van der Waals surface area contributed by atoms with E-state index in [4.69, 9.17) is 5.11 Å². The van der Waals surface area contributed by atoms with E-state index >= 15 is 0 Å². The quantitative estimate of drug-likeness (QED) is 0.646. The predicted molar refractivity (Wildman–Crippen MR) is 90.3 cm³/mol. The smallest absolute Gasteiger partial charge is 0.0681 e. The van der Waals surface area contributed by atoms with Gasteiger partial charge in [0.1, 0.15) is 0 Å². The average Bonchev–Trinajstić information content (AvgIpc) is 2.55. The van der Waals surface area contributed by atoms with Crippen LogP contribution in [0, 0.1) is 0 Å². The van der Waals surface area contributed by atoms with E-state index < -0.39 is 0 Å². The standard InChI is InChI=1S/C20H26O/c1-2-3-4-5-6-7-17-8-12-19(13-9-17)20-14-10-18(16-21)11-15-20/h8-15,21H,2-7,16H2,1H3. The minimum atomic E-state index is 0.108. The Kier molecular flexibility index (Phi) is 6.49. The lowest BCUT2D eigenvalue weighted by atomic mass is 10.0. The normalized spacial score (nSPS) is 10.8. The maximum absolute atomic E-state index is 9.07. The second-order valence-corrected chi connectivity index (χ2v) is 5.72. The summed E-state index contributed by atoms with van der Waals surface area (Å²) in [6.45, 7) is 2.36. The highest BCUT2D eigenvalue weighted by molar-refractivity contribution is 5.63. The third kappa shape index (κ3) is 5.02. The molecule has 0 aliphatic carbocycles. The highest BCUT2D eigenvalue weighted by atomic mass is 16.3. The van der Waals surface area contributed by atoms with E-state index in [0.29, 0.717) is 0 Å². The highest BCUT2D eigenvalue weighted by Crippen LogP contribution is 2.21. The molecule has 0 amide bonds. The van der Waals surface area contributed by atoms with Gasteiger partial charge in [-0.25, -0.2) is 0 Å². The fourth-order valence-electron chi connectivity index (χ4n) is 2.60. The molecular formula is C20H26O. The molecule has 0 aliphatic rings. The van der Waals surface area contributed by atoms with Crippen molar-refractivity contribution in [2.24, 2.45) is 0 Å². The number of aryl methyl sites for hydroxylation is 1. The SMILES string of the molecule is CCCCCCCc1ccc(-c2ccc(CO)cc2)cc1. The fourth-order valence-corrected chi connectivity index (χ4v) is 2.60. The lowest BCUT2D eigenvalue weighted by molar-refractivity contribution is 0.282. The number of aliphatic hydroxyl groups excluding tert-OH is 1. The van der Waals surface area contributed by atoms with E-state index in [-0.39, 0.29) is 6.61 Å². The van der Waals surface area contributed by atoms with Crippen molar-refractivity contribution in [3.8, 4) is 11.1 Å². The average molecular weight is 282 g/mol. The molecule has 0 unspecified atom stereocenters. The first-order chi connectivity index (χ1) is 10.3. The van der Waals surface area contributed by atoms with Crippen molar-refractivity contribution in [2.75, 3.05) is 0 Å². The van der Waals surface area contributed by atoms with Crippen molar-refractivity contribution < 1.29 is 5.11 Å². The van der Waals surface area contributed by atoms with Gasteiger partial charge in [0.25, 0.3) is 0 Å². The van der Waals surface area contributed by atoms with Gasteiger partial charge in [0, 0.05) is 0 Å². The molecule has 0 atom stereocenters. The summed E-state index contributed by atoms with van der Waals surface area (Å²) in [4.78, 5) is 0. The number of hydrogen-bond donors (Lipinski definition) is 1. The van der Waals surface area contributed by atoms with Crippen LogP contribution in [-0.2, 0) is 13.0 Å². The summed E-state index contributed by atoms with van der Waals surface area (Å²) in [5, 5.41) is 9.07. The first-order valence-electron chi connectivity index (χ1n) is 8.12. The molecule has 2 aromatic rings. The Morgan fingerprint density at radius 1 is 0.667 bits per heavy atom. The molecular weight excluding hydrogens is 256 g/mol. The van der Waals surface area contributed by atoms with Crippen LogP contribution in [0.4, 0.5) is 0 Å². The van der Waals surface area contributed by atoms with Crippen LogP contribution in [0.3, 0.4) is 0 Å². The van der Waals surface area contributed by atoms with E-state index in [1.807, 2.05) is 12.1 Å². The van der Waals surface area contributed by atoms with Crippen molar-refractivity contribution in [1.82, 2.24) is 0 Å². The molecule has 0 spiro atoms. The van der Waals surface area contributed by atoms with Crippen LogP contribution in [0.2, 0.25) is 0 Å². The van der Waals surface area contributed by atoms with Crippen LogP contribution in [0.15, 0.2) is 48.5 Å². The molecule has 0 radical (unpaired) electrons. The van der Waals surface area contributed by atoms with E-state index in [2.05, 4.69) is 43.3 Å². The van der Waals surface area contributed by atoms with Crippen LogP contribution >= 0.6 is 0 Å². The van der Waals surface area contributed by atoms with Gasteiger partial charge >= 0.3 is 0 Å². The second-order valence-electron chi connectivity index (χ2n) is 5.72. The lowest BCUT2D eigenvalue weighted by Gasteiger charge is -2.06. The topological polar surface area (TPSA) is 20.2 Å². The highest BCUT2D eigenvalue weighted by Gasteiger charge is 1.99. The molecule has 0 aliphatic heterocycles. The number of hydrogen-bond acceptors (Lipinski definition) is 1. The van der Waals surface area contributed by atoms with Gasteiger partial charge in [-0.3, -0.25) is 0 Å². The molecule has 0 saturated heterocycles. The Bertz CT molecular complexity index is 511. The summed E-state index contributed by atoms with van der Waals surface area (Å²) in [5.74, 6) is 0. The Morgan fingerprint density at radius 2 is 1.19 bits per heavy atom. The minimum absolute atomic E-state index is 0.108. The van der Waals surface area contributed by atoms with Gasteiger partial charge in [-0.05, 0) is 35.1 Å². The molecule has 0 fully saturated rings. The largest absolute Gasteiger partial charge is 0.392 e. The van der Waals surface area contributed by atoms with Crippen molar-refractivity contribution in [1.29, 1.82) is 0 Å². The molecule has 0 heterocycles. The summed E-state index contributed by atoms with van der Waals surface area (Å²) >= 11 is 0. The van der Waals surface area contributed by atoms with Gasteiger partial charge in [-0.2, -0.15) is 0 Å². The minimum Gasteiger partial charge on any atom is -0.392 e. The van der Waals surface area contributed by atoms with E-state index in [9.17, 15) is 0 Å². The van der Waals surface area contributed by atoms with Gasteiger partial charge in [0.2, 0.25) is 0 Å². The van der Waals surface area contributed by atoms with E-state index in [1.54, 1.807) is 0 Å². The van der Waals surface area contributed by atoms with Crippen LogP contribution in [0.5, 0.6) is 0 Å². The van der Waals surface area contributed by atoms with Crippen molar-refractivity contribution in [3.05, 3.63) is 59.7 Å². The Labute approximate surface area is 128 Å². The summed E-state index contributed by atoms with van der Waals surface area (Å²) in [6, 6.07) is 17.0. The zero-order valence-electron chi connectivity index (χ0n) is 13.0. The molecule has 21 heavy (non-hydrogen) atoms. The van der Waals surface area contributed by atoms with Crippen LogP contribution in [0.1, 0.15) is 50.2 Å². The lowest BCUT2D eigenvalue weighted by Crippen LogP contribution is -1.87. The first kappa shape index (κ1) is 15.8. The number of rotatable bonds is 8. The number of unbranched alkanes of at least 4 members (excludes halogenated alkanes) is 4. The fraction of sp³-hybridized carbons (Fsp3) is 0.400. The van der Waals surface area contributed by atoms with E-state index in [1.165, 1.54) is 55.2 Å². The zero-order chi connectivity index (χ0) is 14.9.